The summed E-state index contributed by atoms with van der Waals surface area (Å²) in [6, 6.07) is 20.5. The van der Waals surface area contributed by atoms with E-state index in [1.165, 1.54) is 23.1 Å². The van der Waals surface area contributed by atoms with Gasteiger partial charge in [-0.1, -0.05) is 90.3 Å². The summed E-state index contributed by atoms with van der Waals surface area (Å²) in [6.07, 6.45) is 1.99. The first-order valence-corrected chi connectivity index (χ1v) is 15.6. The lowest BCUT2D eigenvalue weighted by Gasteiger charge is -2.34. The minimum Gasteiger partial charge on any atom is -0.352 e. The van der Waals surface area contributed by atoms with Crippen molar-refractivity contribution < 1.29 is 18.0 Å². The van der Waals surface area contributed by atoms with E-state index in [1.54, 1.807) is 0 Å². The van der Waals surface area contributed by atoms with E-state index < -0.39 is 28.5 Å². The van der Waals surface area contributed by atoms with Crippen molar-refractivity contribution >= 4 is 50.7 Å². The molecule has 2 amide bonds. The van der Waals surface area contributed by atoms with Crippen LogP contribution in [-0.2, 0) is 32.6 Å². The highest BCUT2D eigenvalue weighted by molar-refractivity contribution is 7.92. The van der Waals surface area contributed by atoms with Crippen molar-refractivity contribution in [2.24, 2.45) is 0 Å². The lowest BCUT2D eigenvalue weighted by Crippen LogP contribution is -2.54. The Morgan fingerprint density at radius 3 is 2.15 bits per heavy atom. The molecule has 0 aliphatic carbocycles. The Kier molecular flexibility index (Phi) is 11.0. The number of anilines is 1. The summed E-state index contributed by atoms with van der Waals surface area (Å²) in [7, 11) is -3.90. The van der Waals surface area contributed by atoms with Gasteiger partial charge < -0.3 is 10.2 Å². The van der Waals surface area contributed by atoms with E-state index in [9.17, 15) is 18.0 Å². The molecule has 0 spiro atoms. The Balaban J connectivity index is 2.06. The van der Waals surface area contributed by atoms with Gasteiger partial charge in [0, 0.05) is 19.0 Å². The molecule has 40 heavy (non-hydrogen) atoms. The van der Waals surface area contributed by atoms with Gasteiger partial charge in [0.05, 0.1) is 22.0 Å². The summed E-state index contributed by atoms with van der Waals surface area (Å²) in [5.74, 6) is -0.837. The van der Waals surface area contributed by atoms with Gasteiger partial charge in [-0.05, 0) is 49.6 Å². The van der Waals surface area contributed by atoms with Crippen LogP contribution in [0, 0.1) is 6.92 Å². The van der Waals surface area contributed by atoms with E-state index in [0.717, 1.165) is 33.7 Å². The monoisotopic (exact) mass is 603 g/mol. The predicted octanol–water partition coefficient (Wildman–Crippen LogP) is 5.62. The van der Waals surface area contributed by atoms with Crippen LogP contribution in [0.5, 0.6) is 0 Å². The molecular formula is C30H35Cl2N3O4S. The molecule has 1 N–H and O–H groups in total. The van der Waals surface area contributed by atoms with Crippen LogP contribution in [0.1, 0.15) is 37.0 Å². The average molecular weight is 605 g/mol. The van der Waals surface area contributed by atoms with Crippen LogP contribution in [0.25, 0.3) is 0 Å². The first-order valence-electron chi connectivity index (χ1n) is 13.0. The number of aryl methyl sites for hydroxylation is 1. The van der Waals surface area contributed by atoms with Crippen LogP contribution in [0.15, 0.2) is 72.8 Å². The van der Waals surface area contributed by atoms with E-state index in [-0.39, 0.29) is 40.6 Å². The topological polar surface area (TPSA) is 86.8 Å². The van der Waals surface area contributed by atoms with Gasteiger partial charge in [0.2, 0.25) is 21.8 Å². The molecule has 3 rings (SSSR count). The third-order valence-electron chi connectivity index (χ3n) is 6.62. The second-order valence-corrected chi connectivity index (χ2v) is 12.6. The second-order valence-electron chi connectivity index (χ2n) is 9.90. The van der Waals surface area contributed by atoms with Crippen molar-refractivity contribution in [1.29, 1.82) is 0 Å². The molecule has 0 heterocycles. The number of sulfonamides is 1. The molecule has 214 valence electrons. The maximum Gasteiger partial charge on any atom is 0.244 e. The zero-order valence-corrected chi connectivity index (χ0v) is 25.4. The summed E-state index contributed by atoms with van der Waals surface area (Å²) >= 11 is 12.2. The minimum absolute atomic E-state index is 0.106. The highest BCUT2D eigenvalue weighted by Crippen LogP contribution is 2.29. The van der Waals surface area contributed by atoms with Crippen LogP contribution in [0.2, 0.25) is 10.0 Å². The van der Waals surface area contributed by atoms with Crippen LogP contribution < -0.4 is 9.62 Å². The Labute approximate surface area is 247 Å². The lowest BCUT2D eigenvalue weighted by molar-refractivity contribution is -0.140. The molecular weight excluding hydrogens is 569 g/mol. The number of nitrogens with zero attached hydrogens (tertiary/aromatic N) is 2. The Hall–Kier alpha value is -3.07. The third kappa shape index (κ3) is 8.71. The van der Waals surface area contributed by atoms with Crippen molar-refractivity contribution in [3.8, 4) is 0 Å². The normalized spacial score (nSPS) is 12.8. The van der Waals surface area contributed by atoms with Gasteiger partial charge in [0.15, 0.2) is 0 Å². The standard InChI is InChI=1S/C30H35Cl2N3O4S/c1-5-22(3)33-30(37)28(17-23-9-7-6-8-10-23)34(19-24-13-11-21(2)12-14-24)29(36)20-35(40(4,38)39)25-15-16-26(31)27(32)18-25/h6-16,18,22,28H,5,17,19-20H2,1-4H3,(H,33,37)/t22-,28-/m0/s1. The highest BCUT2D eigenvalue weighted by Gasteiger charge is 2.33. The number of nitrogens with one attached hydrogen (secondary N) is 1. The maximum atomic E-state index is 14.1. The van der Waals surface area contributed by atoms with E-state index in [0.29, 0.717) is 0 Å². The molecule has 0 saturated heterocycles. The van der Waals surface area contributed by atoms with Gasteiger partial charge in [-0.3, -0.25) is 13.9 Å². The van der Waals surface area contributed by atoms with Crippen LogP contribution in [-0.4, -0.2) is 50.0 Å². The molecule has 0 fully saturated rings. The molecule has 3 aromatic carbocycles. The van der Waals surface area contributed by atoms with Gasteiger partial charge in [-0.2, -0.15) is 0 Å². The van der Waals surface area contributed by atoms with E-state index >= 15 is 0 Å². The van der Waals surface area contributed by atoms with Gasteiger partial charge in [-0.25, -0.2) is 8.42 Å². The van der Waals surface area contributed by atoms with Crippen molar-refractivity contribution in [2.45, 2.75) is 52.2 Å². The number of carbonyl (C=O) groups is 2. The summed E-state index contributed by atoms with van der Waals surface area (Å²) in [6.45, 7) is 5.42. The van der Waals surface area contributed by atoms with Crippen molar-refractivity contribution in [2.75, 3.05) is 17.1 Å². The fourth-order valence-corrected chi connectivity index (χ4v) is 5.27. The molecule has 0 saturated carbocycles. The second kappa shape index (κ2) is 14.0. The molecule has 7 nitrogen and oxygen atoms in total. The molecule has 10 heteroatoms. The Bertz CT molecular complexity index is 1420. The van der Waals surface area contributed by atoms with E-state index in [2.05, 4.69) is 5.32 Å². The minimum atomic E-state index is -3.90. The molecule has 0 radical (unpaired) electrons. The van der Waals surface area contributed by atoms with Crippen molar-refractivity contribution in [3.63, 3.8) is 0 Å². The van der Waals surface area contributed by atoms with E-state index in [4.69, 9.17) is 23.2 Å². The summed E-state index contributed by atoms with van der Waals surface area (Å²) in [5.41, 5.74) is 2.94. The Morgan fingerprint density at radius 1 is 0.925 bits per heavy atom. The van der Waals surface area contributed by atoms with Crippen LogP contribution in [0.4, 0.5) is 5.69 Å². The molecule has 2 atom stereocenters. The Morgan fingerprint density at radius 2 is 1.57 bits per heavy atom. The fourth-order valence-electron chi connectivity index (χ4n) is 4.14. The quantitative estimate of drug-likeness (QED) is 0.291. The number of carbonyl (C=O) groups excluding carboxylic acids is 2. The highest BCUT2D eigenvalue weighted by atomic mass is 35.5. The SMILES string of the molecule is CC[C@H](C)NC(=O)[C@H](Cc1ccccc1)N(Cc1ccc(C)cc1)C(=O)CN(c1ccc(Cl)c(Cl)c1)S(C)(=O)=O. The smallest absolute Gasteiger partial charge is 0.244 e. The largest absolute Gasteiger partial charge is 0.352 e. The van der Waals surface area contributed by atoms with Crippen molar-refractivity contribution in [3.05, 3.63) is 99.5 Å². The first-order chi connectivity index (χ1) is 18.9. The predicted molar refractivity (Wildman–Crippen MR) is 162 cm³/mol. The molecule has 0 unspecified atom stereocenters. The first kappa shape index (κ1) is 31.5. The van der Waals surface area contributed by atoms with E-state index in [1.807, 2.05) is 75.4 Å². The zero-order valence-electron chi connectivity index (χ0n) is 23.1. The molecule has 0 aliphatic rings. The number of rotatable bonds is 12. The molecule has 3 aromatic rings. The number of halogens is 2. The van der Waals surface area contributed by atoms with Crippen molar-refractivity contribution in [1.82, 2.24) is 10.2 Å². The van der Waals surface area contributed by atoms with Gasteiger partial charge in [0.1, 0.15) is 12.6 Å². The summed E-state index contributed by atoms with van der Waals surface area (Å²) in [4.78, 5) is 29.2. The lowest BCUT2D eigenvalue weighted by atomic mass is 10.0. The third-order valence-corrected chi connectivity index (χ3v) is 8.50. The molecule has 0 bridgehead atoms. The average Bonchev–Trinajstić information content (AvgIpc) is 2.91. The molecule has 0 aromatic heterocycles. The number of amides is 2. The number of hydrogen-bond acceptors (Lipinski definition) is 4. The van der Waals surface area contributed by atoms with Crippen LogP contribution >= 0.6 is 23.2 Å². The van der Waals surface area contributed by atoms with Crippen LogP contribution in [0.3, 0.4) is 0 Å². The summed E-state index contributed by atoms with van der Waals surface area (Å²) in [5, 5.41) is 3.43. The molecule has 0 aliphatic heterocycles. The van der Waals surface area contributed by atoms with Gasteiger partial charge >= 0.3 is 0 Å². The summed E-state index contributed by atoms with van der Waals surface area (Å²) < 4.78 is 26.7. The zero-order chi connectivity index (χ0) is 29.4. The van der Waals surface area contributed by atoms with Gasteiger partial charge in [0.25, 0.3) is 0 Å². The number of benzene rings is 3. The number of hydrogen-bond donors (Lipinski definition) is 1. The maximum absolute atomic E-state index is 14.1. The van der Waals surface area contributed by atoms with Gasteiger partial charge in [-0.15, -0.1) is 0 Å². The fraction of sp³-hybridized carbons (Fsp3) is 0.333.